The van der Waals surface area contributed by atoms with Gasteiger partial charge in [0.2, 0.25) is 0 Å². The third kappa shape index (κ3) is 5.53. The zero-order valence-electron chi connectivity index (χ0n) is 21.3. The van der Waals surface area contributed by atoms with Gasteiger partial charge in [0.05, 0.1) is 24.1 Å². The molecule has 5 rings (SSSR count). The summed E-state index contributed by atoms with van der Waals surface area (Å²) < 4.78 is 5.63. The van der Waals surface area contributed by atoms with E-state index in [4.69, 9.17) is 4.42 Å². The van der Waals surface area contributed by atoms with E-state index in [2.05, 4.69) is 17.1 Å². The third-order valence-electron chi connectivity index (χ3n) is 6.96. The number of furan rings is 1. The zero-order chi connectivity index (χ0) is 25.6. The Bertz CT molecular complexity index is 1370. The first-order valence-corrected chi connectivity index (χ1v) is 13.1. The average Bonchev–Trinajstić information content (AvgIpc) is 3.65. The summed E-state index contributed by atoms with van der Waals surface area (Å²) >= 11 is 0. The molecule has 190 valence electrons. The Morgan fingerprint density at radius 1 is 0.946 bits per heavy atom. The lowest BCUT2D eigenvalue weighted by molar-refractivity contribution is 0.0793. The molecule has 6 heteroatoms. The van der Waals surface area contributed by atoms with E-state index in [1.807, 2.05) is 77.7 Å². The smallest absolute Gasteiger partial charge is 0.256 e. The van der Waals surface area contributed by atoms with Crippen LogP contribution >= 0.6 is 0 Å². The molecule has 2 amide bonds. The molecule has 0 unspecified atom stereocenters. The van der Waals surface area contributed by atoms with Crippen LogP contribution in [-0.4, -0.2) is 36.3 Å². The van der Waals surface area contributed by atoms with Gasteiger partial charge in [-0.25, -0.2) is 0 Å². The molecular formula is C31H33N3O3. The van der Waals surface area contributed by atoms with E-state index in [0.29, 0.717) is 23.4 Å². The van der Waals surface area contributed by atoms with Crippen molar-refractivity contribution < 1.29 is 14.0 Å². The molecule has 3 aromatic carbocycles. The predicted octanol–water partition coefficient (Wildman–Crippen LogP) is 6.73. The van der Waals surface area contributed by atoms with Crippen LogP contribution in [0.5, 0.6) is 0 Å². The normalized spacial score (nSPS) is 13.2. The maximum absolute atomic E-state index is 13.7. The molecular weight excluding hydrogens is 462 g/mol. The number of carbonyl (C=O) groups excluding carboxylic acids is 2. The number of rotatable bonds is 9. The van der Waals surface area contributed by atoms with Crippen LogP contribution in [0.15, 0.2) is 83.5 Å². The van der Waals surface area contributed by atoms with E-state index in [1.54, 1.807) is 6.26 Å². The van der Waals surface area contributed by atoms with Gasteiger partial charge >= 0.3 is 0 Å². The van der Waals surface area contributed by atoms with Crippen LogP contribution in [-0.2, 0) is 6.54 Å². The van der Waals surface area contributed by atoms with Crippen LogP contribution in [0.3, 0.4) is 0 Å². The minimum atomic E-state index is -0.192. The van der Waals surface area contributed by atoms with E-state index in [1.165, 1.54) is 0 Å². The van der Waals surface area contributed by atoms with Crippen molar-refractivity contribution in [2.45, 2.75) is 39.2 Å². The Morgan fingerprint density at radius 3 is 2.54 bits per heavy atom. The summed E-state index contributed by atoms with van der Waals surface area (Å²) in [6.07, 6.45) is 5.76. The second-order valence-corrected chi connectivity index (χ2v) is 9.57. The molecule has 1 N–H and O–H groups in total. The summed E-state index contributed by atoms with van der Waals surface area (Å²) in [6.45, 7) is 5.07. The molecule has 1 aromatic heterocycles. The highest BCUT2D eigenvalue weighted by Gasteiger charge is 2.25. The number of fused-ring (bicyclic) bond motifs is 1. The van der Waals surface area contributed by atoms with Crippen LogP contribution in [0.4, 0.5) is 11.4 Å². The SMILES string of the molecule is CCCCN(Cc1ccco1)c1ccc(NC(=O)c2cccc3ccccc23)cc1C(=O)N1CCCC1. The number of carbonyl (C=O) groups is 2. The third-order valence-corrected chi connectivity index (χ3v) is 6.96. The fourth-order valence-electron chi connectivity index (χ4n) is 5.00. The van der Waals surface area contributed by atoms with Gasteiger partial charge in [-0.05, 0) is 66.4 Å². The number of nitrogens with zero attached hydrogens (tertiary/aromatic N) is 2. The van der Waals surface area contributed by atoms with Crippen LogP contribution in [0.2, 0.25) is 0 Å². The van der Waals surface area contributed by atoms with Gasteiger partial charge in [0.15, 0.2) is 0 Å². The van der Waals surface area contributed by atoms with Crippen molar-refractivity contribution in [1.29, 1.82) is 0 Å². The lowest BCUT2D eigenvalue weighted by Crippen LogP contribution is -2.31. The van der Waals surface area contributed by atoms with E-state index in [0.717, 1.165) is 67.5 Å². The molecule has 1 saturated heterocycles. The average molecular weight is 496 g/mol. The second-order valence-electron chi connectivity index (χ2n) is 9.57. The molecule has 1 aliphatic heterocycles. The minimum Gasteiger partial charge on any atom is -0.467 e. The number of hydrogen-bond donors (Lipinski definition) is 1. The molecule has 0 aliphatic carbocycles. The lowest BCUT2D eigenvalue weighted by atomic mass is 10.0. The van der Waals surface area contributed by atoms with Gasteiger partial charge in [-0.15, -0.1) is 0 Å². The van der Waals surface area contributed by atoms with Crippen molar-refractivity contribution in [1.82, 2.24) is 4.90 Å². The fourth-order valence-corrected chi connectivity index (χ4v) is 5.00. The second kappa shape index (κ2) is 11.3. The molecule has 0 spiro atoms. The summed E-state index contributed by atoms with van der Waals surface area (Å²) in [5.74, 6) is 0.668. The zero-order valence-corrected chi connectivity index (χ0v) is 21.3. The maximum atomic E-state index is 13.7. The quantitative estimate of drug-likeness (QED) is 0.280. The Kier molecular flexibility index (Phi) is 7.54. The molecule has 6 nitrogen and oxygen atoms in total. The topological polar surface area (TPSA) is 65.8 Å². The first kappa shape index (κ1) is 24.6. The summed E-state index contributed by atoms with van der Waals surface area (Å²) in [4.78, 5) is 31.1. The van der Waals surface area contributed by atoms with Gasteiger partial charge < -0.3 is 19.5 Å². The van der Waals surface area contributed by atoms with E-state index in [9.17, 15) is 9.59 Å². The van der Waals surface area contributed by atoms with Crippen molar-refractivity contribution >= 4 is 34.0 Å². The van der Waals surface area contributed by atoms with Gasteiger partial charge in [-0.3, -0.25) is 9.59 Å². The Labute approximate surface area is 217 Å². The van der Waals surface area contributed by atoms with Crippen LogP contribution < -0.4 is 10.2 Å². The van der Waals surface area contributed by atoms with Crippen molar-refractivity contribution in [3.8, 4) is 0 Å². The molecule has 0 radical (unpaired) electrons. The predicted molar refractivity (Wildman–Crippen MR) is 148 cm³/mol. The maximum Gasteiger partial charge on any atom is 0.256 e. The Hall–Kier alpha value is -4.06. The fraction of sp³-hybridized carbons (Fsp3) is 0.290. The summed E-state index contributed by atoms with van der Waals surface area (Å²) in [6, 6.07) is 23.1. The first-order chi connectivity index (χ1) is 18.1. The lowest BCUT2D eigenvalue weighted by Gasteiger charge is -2.28. The Morgan fingerprint density at radius 2 is 1.76 bits per heavy atom. The van der Waals surface area contributed by atoms with Gasteiger partial charge in [0, 0.05) is 30.9 Å². The molecule has 0 saturated carbocycles. The molecule has 37 heavy (non-hydrogen) atoms. The summed E-state index contributed by atoms with van der Waals surface area (Å²) in [7, 11) is 0. The number of likely N-dealkylation sites (tertiary alicyclic amines) is 1. The Balaban J connectivity index is 1.49. The van der Waals surface area contributed by atoms with Crippen molar-refractivity contribution in [3.63, 3.8) is 0 Å². The highest BCUT2D eigenvalue weighted by atomic mass is 16.3. The van der Waals surface area contributed by atoms with E-state index < -0.39 is 0 Å². The van der Waals surface area contributed by atoms with Crippen LogP contribution in [0, 0.1) is 0 Å². The molecule has 0 bridgehead atoms. The van der Waals surface area contributed by atoms with Crippen LogP contribution in [0.25, 0.3) is 10.8 Å². The monoisotopic (exact) mass is 495 g/mol. The number of benzene rings is 3. The largest absolute Gasteiger partial charge is 0.467 e. The number of anilines is 2. The molecule has 2 heterocycles. The minimum absolute atomic E-state index is 0.00898. The van der Waals surface area contributed by atoms with Gasteiger partial charge in [-0.2, -0.15) is 0 Å². The first-order valence-electron chi connectivity index (χ1n) is 13.1. The number of hydrogen-bond acceptors (Lipinski definition) is 4. The van der Waals surface area contributed by atoms with Crippen molar-refractivity contribution in [3.05, 3.63) is 95.9 Å². The van der Waals surface area contributed by atoms with Gasteiger partial charge in [0.1, 0.15) is 5.76 Å². The summed E-state index contributed by atoms with van der Waals surface area (Å²) in [5, 5.41) is 4.96. The standard InChI is InChI=1S/C31H33N3O3/c1-2-3-17-34(22-25-12-9-20-37-25)29-16-15-24(21-28(29)31(36)33-18-6-7-19-33)32-30(35)27-14-8-11-23-10-4-5-13-26(23)27/h4-5,8-16,20-21H,2-3,6-7,17-19,22H2,1H3,(H,32,35). The molecule has 4 aromatic rings. The van der Waals surface area contributed by atoms with Crippen molar-refractivity contribution in [2.75, 3.05) is 29.9 Å². The highest BCUT2D eigenvalue weighted by Crippen LogP contribution is 2.30. The van der Waals surface area contributed by atoms with Crippen molar-refractivity contribution in [2.24, 2.45) is 0 Å². The number of amides is 2. The molecule has 0 atom stereocenters. The van der Waals surface area contributed by atoms with Gasteiger partial charge in [0.25, 0.3) is 11.8 Å². The number of unbranched alkanes of at least 4 members (excludes halogenated alkanes) is 1. The van der Waals surface area contributed by atoms with E-state index >= 15 is 0 Å². The van der Waals surface area contributed by atoms with Crippen LogP contribution in [0.1, 0.15) is 59.1 Å². The van der Waals surface area contributed by atoms with Gasteiger partial charge in [-0.1, -0.05) is 49.7 Å². The molecule has 1 fully saturated rings. The number of nitrogens with one attached hydrogen (secondary N) is 1. The molecule has 1 aliphatic rings. The highest BCUT2D eigenvalue weighted by molar-refractivity contribution is 6.13. The summed E-state index contributed by atoms with van der Waals surface area (Å²) in [5.41, 5.74) is 2.69. The van der Waals surface area contributed by atoms with E-state index in [-0.39, 0.29) is 11.8 Å².